The van der Waals surface area contributed by atoms with Crippen molar-refractivity contribution < 1.29 is 4.74 Å². The van der Waals surface area contributed by atoms with Crippen LogP contribution in [0.3, 0.4) is 0 Å². The van der Waals surface area contributed by atoms with Crippen LogP contribution in [0.5, 0.6) is 0 Å². The molecule has 4 heterocycles. The lowest BCUT2D eigenvalue weighted by atomic mass is 9.88. The second-order valence-corrected chi connectivity index (χ2v) is 8.55. The van der Waals surface area contributed by atoms with E-state index in [1.165, 1.54) is 38.8 Å². The minimum atomic E-state index is 0.259. The van der Waals surface area contributed by atoms with Crippen LogP contribution in [0.15, 0.2) is 30.6 Å². The van der Waals surface area contributed by atoms with Gasteiger partial charge in [-0.15, -0.1) is 0 Å². The van der Waals surface area contributed by atoms with E-state index in [-0.39, 0.29) is 6.04 Å². The van der Waals surface area contributed by atoms with E-state index in [9.17, 15) is 0 Å². The molecule has 146 valence electrons. The molecule has 5 nitrogen and oxygen atoms in total. The third-order valence-corrected chi connectivity index (χ3v) is 6.80. The van der Waals surface area contributed by atoms with Crippen LogP contribution < -0.4 is 5.32 Å². The van der Waals surface area contributed by atoms with Crippen LogP contribution in [0, 0.1) is 6.92 Å². The van der Waals surface area contributed by atoms with Crippen molar-refractivity contribution in [2.24, 2.45) is 0 Å². The predicted molar refractivity (Wildman–Crippen MR) is 115 cm³/mol. The summed E-state index contributed by atoms with van der Waals surface area (Å²) < 4.78 is 8.24. The van der Waals surface area contributed by atoms with Crippen LogP contribution in [0.4, 0.5) is 0 Å². The van der Waals surface area contributed by atoms with Crippen molar-refractivity contribution in [2.75, 3.05) is 32.6 Å². The number of ether oxygens (including phenoxy) is 1. The molecule has 1 aromatic carbocycles. The Bertz CT molecular complexity index is 1010. The number of morpholine rings is 1. The largest absolute Gasteiger partial charge is 0.378 e. The van der Waals surface area contributed by atoms with Crippen LogP contribution in [0.25, 0.3) is 22.2 Å². The molecule has 2 aliphatic rings. The summed E-state index contributed by atoms with van der Waals surface area (Å²) in [5, 5.41) is 4.86. The van der Waals surface area contributed by atoms with Crippen LogP contribution >= 0.6 is 11.9 Å². The first-order valence-electron chi connectivity index (χ1n) is 9.93. The van der Waals surface area contributed by atoms with Crippen LogP contribution in [-0.4, -0.2) is 46.8 Å². The average molecular weight is 395 g/mol. The fraction of sp³-hybridized carbons (Fsp3) is 0.409. The molecule has 1 unspecified atom stereocenters. The highest BCUT2D eigenvalue weighted by molar-refractivity contribution is 7.96. The maximum atomic E-state index is 5.79. The minimum Gasteiger partial charge on any atom is -0.378 e. The summed E-state index contributed by atoms with van der Waals surface area (Å²) in [7, 11) is 0. The van der Waals surface area contributed by atoms with Gasteiger partial charge in [0.2, 0.25) is 0 Å². The zero-order valence-electron chi connectivity index (χ0n) is 16.4. The zero-order valence-corrected chi connectivity index (χ0v) is 17.2. The van der Waals surface area contributed by atoms with Gasteiger partial charge < -0.3 is 15.0 Å². The van der Waals surface area contributed by atoms with Crippen LogP contribution in [0.1, 0.15) is 28.3 Å². The topological polar surface area (TPSA) is 53.2 Å². The van der Waals surface area contributed by atoms with Gasteiger partial charge in [-0.25, -0.2) is 9.29 Å². The number of aromatic amines is 1. The molecular weight excluding hydrogens is 368 g/mol. The number of H-pyrrole nitrogens is 1. The molecule has 1 atom stereocenters. The summed E-state index contributed by atoms with van der Waals surface area (Å²) in [6.07, 6.45) is 7.27. The van der Waals surface area contributed by atoms with E-state index < -0.39 is 0 Å². The van der Waals surface area contributed by atoms with E-state index >= 15 is 0 Å². The predicted octanol–water partition coefficient (Wildman–Crippen LogP) is 3.84. The number of pyridine rings is 1. The highest BCUT2D eigenvalue weighted by Crippen LogP contribution is 2.35. The van der Waals surface area contributed by atoms with Crippen molar-refractivity contribution in [1.82, 2.24) is 19.6 Å². The second kappa shape index (κ2) is 7.52. The van der Waals surface area contributed by atoms with Gasteiger partial charge in [-0.1, -0.05) is 18.0 Å². The number of hydrogen-bond donors (Lipinski definition) is 2. The van der Waals surface area contributed by atoms with Crippen molar-refractivity contribution in [2.45, 2.75) is 25.9 Å². The number of fused-ring (bicyclic) bond motifs is 2. The molecule has 1 fully saturated rings. The summed E-state index contributed by atoms with van der Waals surface area (Å²) in [6, 6.07) is 7.27. The van der Waals surface area contributed by atoms with E-state index in [1.54, 1.807) is 0 Å². The maximum absolute atomic E-state index is 5.79. The Morgan fingerprint density at radius 3 is 3.00 bits per heavy atom. The van der Waals surface area contributed by atoms with E-state index in [1.807, 2.05) is 24.3 Å². The van der Waals surface area contributed by atoms with Gasteiger partial charge in [0.25, 0.3) is 0 Å². The van der Waals surface area contributed by atoms with E-state index in [0.717, 1.165) is 44.9 Å². The van der Waals surface area contributed by atoms with E-state index in [2.05, 4.69) is 51.0 Å². The Morgan fingerprint density at radius 2 is 2.18 bits per heavy atom. The third-order valence-electron chi connectivity index (χ3n) is 5.97. The summed E-state index contributed by atoms with van der Waals surface area (Å²) >= 11 is 1.84. The first-order valence-corrected chi connectivity index (χ1v) is 11.1. The van der Waals surface area contributed by atoms with Gasteiger partial charge in [0.05, 0.1) is 19.3 Å². The van der Waals surface area contributed by atoms with E-state index in [4.69, 9.17) is 4.74 Å². The average Bonchev–Trinajstić information content (AvgIpc) is 3.13. The molecule has 0 bridgehead atoms. The van der Waals surface area contributed by atoms with Crippen LogP contribution in [-0.2, 0) is 17.7 Å². The zero-order chi connectivity index (χ0) is 19.1. The van der Waals surface area contributed by atoms with Gasteiger partial charge in [-0.05, 0) is 59.6 Å². The van der Waals surface area contributed by atoms with Gasteiger partial charge in [0.1, 0.15) is 5.65 Å². The minimum absolute atomic E-state index is 0.259. The summed E-state index contributed by atoms with van der Waals surface area (Å²) in [4.78, 5) is 7.90. The van der Waals surface area contributed by atoms with Gasteiger partial charge in [0, 0.05) is 43.0 Å². The molecular formula is C22H26N4OS. The van der Waals surface area contributed by atoms with Crippen molar-refractivity contribution in [1.29, 1.82) is 0 Å². The molecule has 0 spiro atoms. The molecule has 0 radical (unpaired) electrons. The Balaban J connectivity index is 1.62. The number of aromatic nitrogens is 2. The van der Waals surface area contributed by atoms with Crippen molar-refractivity contribution >= 4 is 23.0 Å². The molecule has 3 aromatic rings. The monoisotopic (exact) mass is 394 g/mol. The highest BCUT2D eigenvalue weighted by Gasteiger charge is 2.25. The molecule has 5 rings (SSSR count). The molecule has 0 aliphatic carbocycles. The molecule has 1 saturated heterocycles. The number of rotatable bonds is 3. The molecule has 2 aliphatic heterocycles. The Labute approximate surface area is 170 Å². The summed E-state index contributed by atoms with van der Waals surface area (Å²) in [5.41, 5.74) is 8.96. The molecule has 2 N–H and O–H groups in total. The Morgan fingerprint density at radius 1 is 1.25 bits per heavy atom. The summed E-state index contributed by atoms with van der Waals surface area (Å²) in [5.74, 6) is 0. The number of benzene rings is 1. The fourth-order valence-electron chi connectivity index (χ4n) is 4.36. The summed E-state index contributed by atoms with van der Waals surface area (Å²) in [6.45, 7) is 6.67. The van der Waals surface area contributed by atoms with Gasteiger partial charge in [0.15, 0.2) is 0 Å². The number of nitrogens with zero attached hydrogens (tertiary/aromatic N) is 2. The second-order valence-electron chi connectivity index (χ2n) is 7.67. The quantitative estimate of drug-likeness (QED) is 0.661. The smallest absolute Gasteiger partial charge is 0.137 e. The Kier molecular flexibility index (Phi) is 4.88. The molecule has 0 saturated carbocycles. The maximum Gasteiger partial charge on any atom is 0.137 e. The van der Waals surface area contributed by atoms with Crippen molar-refractivity contribution in [3.05, 3.63) is 52.8 Å². The van der Waals surface area contributed by atoms with Gasteiger partial charge >= 0.3 is 0 Å². The fourth-order valence-corrected chi connectivity index (χ4v) is 4.90. The lowest BCUT2D eigenvalue weighted by molar-refractivity contribution is 0.0764. The van der Waals surface area contributed by atoms with Crippen molar-refractivity contribution in [3.8, 4) is 11.1 Å². The lowest BCUT2D eigenvalue weighted by Crippen LogP contribution is -2.36. The van der Waals surface area contributed by atoms with Gasteiger partial charge in [-0.3, -0.25) is 0 Å². The first kappa shape index (κ1) is 18.2. The van der Waals surface area contributed by atoms with Crippen LogP contribution in [0.2, 0.25) is 0 Å². The third kappa shape index (κ3) is 3.24. The highest BCUT2D eigenvalue weighted by atomic mass is 32.2. The Hall–Kier alpha value is -1.86. The number of aryl methyl sites for hydroxylation is 1. The van der Waals surface area contributed by atoms with Gasteiger partial charge in [-0.2, -0.15) is 0 Å². The number of hydrogen-bond acceptors (Lipinski definition) is 5. The normalized spacial score (nSPS) is 20.4. The SMILES string of the molecule is CSN1CCc2cc(-c3cnc4[nH]cc(C)c4c3)cc(C3COCCN3)c2C1. The van der Waals surface area contributed by atoms with Crippen molar-refractivity contribution in [3.63, 3.8) is 0 Å². The molecule has 28 heavy (non-hydrogen) atoms. The number of nitrogens with one attached hydrogen (secondary N) is 2. The first-order chi connectivity index (χ1) is 13.7. The molecule has 2 aromatic heterocycles. The molecule has 6 heteroatoms. The van der Waals surface area contributed by atoms with E-state index in [0.29, 0.717) is 0 Å². The lowest BCUT2D eigenvalue weighted by Gasteiger charge is -2.33. The standard InChI is InChI=1S/C22H26N4OS/c1-14-10-24-22-18(14)9-17(11-25-22)16-7-15-3-5-26(28-2)12-20(15)19(8-16)21-13-27-6-4-23-21/h7-11,21,23H,3-6,12-13H2,1-2H3,(H,24,25). The molecule has 0 amide bonds.